The third kappa shape index (κ3) is 4.91. The van der Waals surface area contributed by atoms with E-state index in [1.54, 1.807) is 11.1 Å². The Balaban J connectivity index is 1.59. The number of halogens is 1. The highest BCUT2D eigenvalue weighted by atomic mass is 79.9. The summed E-state index contributed by atoms with van der Waals surface area (Å²) < 4.78 is 1.21. The lowest BCUT2D eigenvalue weighted by atomic mass is 9.70. The van der Waals surface area contributed by atoms with Gasteiger partial charge in [0, 0.05) is 27.8 Å². The third-order valence-corrected chi connectivity index (χ3v) is 9.14. The molecule has 190 valence electrons. The number of hydrogen-bond donors (Lipinski definition) is 0. The van der Waals surface area contributed by atoms with E-state index in [0.717, 1.165) is 6.54 Å². The fourth-order valence-corrected chi connectivity index (χ4v) is 7.16. The van der Waals surface area contributed by atoms with Gasteiger partial charge in [-0.25, -0.2) is 0 Å². The number of unbranched alkanes of at least 4 members (excludes halogenated alkanes) is 6. The smallest absolute Gasteiger partial charge is 0.0443 e. The number of nitrogens with zero attached hydrogens (tertiary/aromatic N) is 1. The molecule has 0 N–H and O–H groups in total. The predicted molar refractivity (Wildman–Crippen MR) is 160 cm³/mol. The van der Waals surface area contributed by atoms with Crippen molar-refractivity contribution in [3.05, 3.63) is 81.8 Å². The Morgan fingerprint density at radius 1 is 0.750 bits per heavy atom. The van der Waals surface area contributed by atoms with Gasteiger partial charge in [0.1, 0.15) is 0 Å². The summed E-state index contributed by atoms with van der Waals surface area (Å²) in [5, 5.41) is 0. The molecule has 0 radical (unpaired) electrons. The molecule has 0 fully saturated rings. The summed E-state index contributed by atoms with van der Waals surface area (Å²) in [5.74, 6) is 0. The Morgan fingerprint density at radius 2 is 1.42 bits per heavy atom. The molecule has 3 aromatic rings. The Hall–Kier alpha value is -2.06. The first-order valence-electron chi connectivity index (χ1n) is 14.5. The second-order valence-corrected chi connectivity index (χ2v) is 11.9. The van der Waals surface area contributed by atoms with Crippen molar-refractivity contribution in [2.45, 2.75) is 96.3 Å². The van der Waals surface area contributed by atoms with E-state index in [9.17, 15) is 0 Å². The van der Waals surface area contributed by atoms with Gasteiger partial charge in [-0.15, -0.1) is 0 Å². The van der Waals surface area contributed by atoms with E-state index in [-0.39, 0.29) is 5.41 Å². The highest BCUT2D eigenvalue weighted by molar-refractivity contribution is 9.10. The quantitative estimate of drug-likeness (QED) is 0.217. The third-order valence-electron chi connectivity index (χ3n) is 8.64. The molecule has 0 bridgehead atoms. The summed E-state index contributed by atoms with van der Waals surface area (Å²) in [5.41, 5.74) is 10.5. The van der Waals surface area contributed by atoms with Crippen molar-refractivity contribution in [1.82, 2.24) is 0 Å². The topological polar surface area (TPSA) is 3.24 Å². The van der Waals surface area contributed by atoms with Crippen LogP contribution in [-0.4, -0.2) is 6.54 Å². The molecule has 0 unspecified atom stereocenters. The number of para-hydroxylation sites is 1. The minimum absolute atomic E-state index is 0.126. The molecule has 1 heterocycles. The number of anilines is 2. The van der Waals surface area contributed by atoms with Gasteiger partial charge >= 0.3 is 0 Å². The molecule has 1 nitrogen and oxygen atoms in total. The van der Waals surface area contributed by atoms with E-state index in [1.165, 1.54) is 110 Å². The van der Waals surface area contributed by atoms with Crippen molar-refractivity contribution in [2.75, 3.05) is 11.4 Å². The van der Waals surface area contributed by atoms with Crippen molar-refractivity contribution in [2.24, 2.45) is 0 Å². The van der Waals surface area contributed by atoms with Crippen molar-refractivity contribution >= 4 is 27.3 Å². The molecular weight excluding hydrogens is 502 g/mol. The van der Waals surface area contributed by atoms with Gasteiger partial charge in [0.05, 0.1) is 0 Å². The first-order valence-corrected chi connectivity index (χ1v) is 15.3. The maximum Gasteiger partial charge on any atom is 0.0443 e. The summed E-state index contributed by atoms with van der Waals surface area (Å²) in [7, 11) is 0. The van der Waals surface area contributed by atoms with E-state index < -0.39 is 0 Å². The van der Waals surface area contributed by atoms with Crippen molar-refractivity contribution in [3.63, 3.8) is 0 Å². The largest absolute Gasteiger partial charge is 0.341 e. The average molecular weight is 545 g/mol. The summed E-state index contributed by atoms with van der Waals surface area (Å²) in [4.78, 5) is 2.58. The Labute approximate surface area is 227 Å². The summed E-state index contributed by atoms with van der Waals surface area (Å²) in [6.07, 6.45) is 15.5. The molecule has 1 aliphatic carbocycles. The molecule has 2 heteroatoms. The highest BCUT2D eigenvalue weighted by Crippen LogP contribution is 2.56. The molecule has 1 aliphatic heterocycles. The summed E-state index contributed by atoms with van der Waals surface area (Å²) >= 11 is 3.83. The first-order chi connectivity index (χ1) is 17.7. The van der Waals surface area contributed by atoms with Crippen LogP contribution in [0.1, 0.15) is 101 Å². The lowest BCUT2D eigenvalue weighted by molar-refractivity contribution is 0.401. The molecule has 2 aliphatic rings. The second-order valence-electron chi connectivity index (χ2n) is 11.0. The molecule has 0 aromatic heterocycles. The zero-order chi connectivity index (χ0) is 25.0. The van der Waals surface area contributed by atoms with E-state index in [0.29, 0.717) is 0 Å². The van der Waals surface area contributed by atoms with Gasteiger partial charge in [-0.1, -0.05) is 111 Å². The van der Waals surface area contributed by atoms with E-state index in [1.807, 2.05) is 0 Å². The fraction of sp³-hybridized carbons (Fsp3) is 0.471. The molecule has 0 atom stereocenters. The van der Waals surface area contributed by atoms with Crippen molar-refractivity contribution < 1.29 is 0 Å². The van der Waals surface area contributed by atoms with Crippen LogP contribution in [0.25, 0.3) is 11.1 Å². The maximum atomic E-state index is 3.83. The lowest BCUT2D eigenvalue weighted by Gasteiger charge is -2.35. The summed E-state index contributed by atoms with van der Waals surface area (Å²) in [6.45, 7) is 5.75. The van der Waals surface area contributed by atoms with Crippen LogP contribution in [0, 0.1) is 0 Å². The van der Waals surface area contributed by atoms with Crippen LogP contribution in [-0.2, 0) is 11.8 Å². The number of hydrogen-bond acceptors (Lipinski definition) is 1. The van der Waals surface area contributed by atoms with E-state index in [2.05, 4.69) is 95.3 Å². The number of fused-ring (bicyclic) bond motifs is 4. The van der Waals surface area contributed by atoms with Crippen LogP contribution < -0.4 is 4.90 Å². The van der Waals surface area contributed by atoms with Crippen LogP contribution in [0.15, 0.2) is 65.1 Å². The van der Waals surface area contributed by atoms with Crippen LogP contribution in [0.5, 0.6) is 0 Å². The summed E-state index contributed by atoms with van der Waals surface area (Å²) in [6, 6.07) is 23.5. The molecule has 0 saturated carbocycles. The van der Waals surface area contributed by atoms with Gasteiger partial charge in [0.15, 0.2) is 0 Å². The van der Waals surface area contributed by atoms with Crippen LogP contribution in [0.4, 0.5) is 11.4 Å². The monoisotopic (exact) mass is 543 g/mol. The minimum atomic E-state index is 0.126. The molecule has 0 saturated heterocycles. The normalized spacial score (nSPS) is 15.5. The van der Waals surface area contributed by atoms with Crippen LogP contribution in [0.3, 0.4) is 0 Å². The molecule has 5 rings (SSSR count). The van der Waals surface area contributed by atoms with Gasteiger partial charge in [-0.2, -0.15) is 0 Å². The number of aryl methyl sites for hydroxylation is 1. The second kappa shape index (κ2) is 11.5. The van der Waals surface area contributed by atoms with Crippen molar-refractivity contribution in [3.8, 4) is 11.1 Å². The molecule has 3 aromatic carbocycles. The van der Waals surface area contributed by atoms with Crippen molar-refractivity contribution in [1.29, 1.82) is 0 Å². The van der Waals surface area contributed by atoms with E-state index >= 15 is 0 Å². The van der Waals surface area contributed by atoms with E-state index in [4.69, 9.17) is 0 Å². The Kier molecular flexibility index (Phi) is 8.21. The lowest BCUT2D eigenvalue weighted by Crippen LogP contribution is -2.27. The first kappa shape index (κ1) is 25.6. The van der Waals surface area contributed by atoms with Gasteiger partial charge < -0.3 is 4.90 Å². The Morgan fingerprint density at radius 3 is 2.14 bits per heavy atom. The van der Waals surface area contributed by atoms with Crippen LogP contribution >= 0.6 is 15.9 Å². The molecular formula is C34H42BrN. The molecule has 0 amide bonds. The standard InChI is InChI=1S/C34H42BrN/c1-3-5-7-11-21-34(22-12-8-6-4-2)31-24-27(35)17-19-29(31)30-20-18-28(25-32(30)34)36-23-13-15-26-14-9-10-16-33(26)36/h9-10,14,16-20,24-25H,3-8,11-13,15,21-23H2,1-2H3. The zero-order valence-electron chi connectivity index (χ0n) is 22.3. The predicted octanol–water partition coefficient (Wildman–Crippen LogP) is 10.7. The minimum Gasteiger partial charge on any atom is -0.341 e. The average Bonchev–Trinajstić information content (AvgIpc) is 3.17. The molecule has 36 heavy (non-hydrogen) atoms. The van der Waals surface area contributed by atoms with Gasteiger partial charge in [0.25, 0.3) is 0 Å². The fourth-order valence-electron chi connectivity index (χ4n) is 6.80. The van der Waals surface area contributed by atoms with Gasteiger partial charge in [0.2, 0.25) is 0 Å². The zero-order valence-corrected chi connectivity index (χ0v) is 23.9. The molecule has 0 spiro atoms. The number of benzene rings is 3. The number of rotatable bonds is 11. The maximum absolute atomic E-state index is 3.83. The van der Waals surface area contributed by atoms with Crippen LogP contribution in [0.2, 0.25) is 0 Å². The Bertz CT molecular complexity index is 1170. The highest BCUT2D eigenvalue weighted by Gasteiger charge is 2.42. The van der Waals surface area contributed by atoms with Gasteiger partial charge in [-0.3, -0.25) is 0 Å². The SMILES string of the molecule is CCCCCCC1(CCCCCC)c2cc(Br)ccc2-c2ccc(N3CCCc4ccccc43)cc21. The van der Waals surface area contributed by atoms with Gasteiger partial charge in [-0.05, 0) is 83.8 Å².